The summed E-state index contributed by atoms with van der Waals surface area (Å²) in [5.74, 6) is 0.557. The minimum Gasteiger partial charge on any atom is -0.494 e. The van der Waals surface area contributed by atoms with Crippen LogP contribution >= 0.6 is 11.6 Å². The average molecular weight is 306 g/mol. The van der Waals surface area contributed by atoms with Gasteiger partial charge in [-0.25, -0.2) is 0 Å². The number of fused-ring (bicyclic) bond motifs is 1. The molecular formula is C15H16ClN3O2. The number of amides is 1. The van der Waals surface area contributed by atoms with Crippen molar-refractivity contribution in [2.24, 2.45) is 0 Å². The zero-order valence-corrected chi connectivity index (χ0v) is 12.6. The number of benzene rings is 1. The van der Waals surface area contributed by atoms with Crippen molar-refractivity contribution in [1.29, 1.82) is 0 Å². The van der Waals surface area contributed by atoms with Crippen LogP contribution in [-0.2, 0) is 4.79 Å². The smallest absolute Gasteiger partial charge is 0.225 e. The second kappa shape index (κ2) is 5.41. The summed E-state index contributed by atoms with van der Waals surface area (Å²) in [4.78, 5) is 12.0. The molecular weight excluding hydrogens is 290 g/mol. The average Bonchev–Trinajstić information content (AvgIpc) is 2.78. The van der Waals surface area contributed by atoms with Crippen LogP contribution in [0.1, 0.15) is 36.2 Å². The number of ether oxygens (including phenoxy) is 1. The number of carbonyl (C=O) groups excluding carboxylic acids is 1. The Morgan fingerprint density at radius 2 is 2.29 bits per heavy atom. The van der Waals surface area contributed by atoms with Crippen LogP contribution in [0.15, 0.2) is 18.2 Å². The lowest BCUT2D eigenvalue weighted by Crippen LogP contribution is -2.24. The first-order valence-electron chi connectivity index (χ1n) is 6.87. The maximum atomic E-state index is 12.0. The van der Waals surface area contributed by atoms with E-state index in [1.54, 1.807) is 0 Å². The Morgan fingerprint density at radius 3 is 2.95 bits per heavy atom. The third-order valence-electron chi connectivity index (χ3n) is 3.60. The molecule has 1 aliphatic rings. The number of nitrogens with zero attached hydrogens (tertiary/aromatic N) is 1. The molecule has 5 nitrogen and oxygen atoms in total. The van der Waals surface area contributed by atoms with E-state index in [0.29, 0.717) is 18.1 Å². The summed E-state index contributed by atoms with van der Waals surface area (Å²) in [6, 6.07) is 5.71. The molecule has 1 atom stereocenters. The van der Waals surface area contributed by atoms with Crippen LogP contribution in [0.25, 0.3) is 0 Å². The van der Waals surface area contributed by atoms with Crippen molar-refractivity contribution in [2.45, 2.75) is 26.2 Å². The van der Waals surface area contributed by atoms with Gasteiger partial charge in [0.25, 0.3) is 0 Å². The molecule has 21 heavy (non-hydrogen) atoms. The van der Waals surface area contributed by atoms with Crippen molar-refractivity contribution in [2.75, 3.05) is 11.9 Å². The molecule has 2 heterocycles. The van der Waals surface area contributed by atoms with Crippen molar-refractivity contribution in [3.8, 4) is 5.75 Å². The number of aromatic amines is 1. The number of aryl methyl sites for hydroxylation is 1. The molecule has 1 aromatic heterocycles. The van der Waals surface area contributed by atoms with Gasteiger partial charge in [0, 0.05) is 24.1 Å². The van der Waals surface area contributed by atoms with E-state index in [0.717, 1.165) is 28.4 Å². The second-order valence-electron chi connectivity index (χ2n) is 5.03. The zero-order valence-electron chi connectivity index (χ0n) is 11.9. The monoisotopic (exact) mass is 305 g/mol. The Kier molecular flexibility index (Phi) is 3.59. The van der Waals surface area contributed by atoms with E-state index in [1.807, 2.05) is 32.0 Å². The number of carbonyl (C=O) groups is 1. The highest BCUT2D eigenvalue weighted by atomic mass is 35.5. The molecule has 0 saturated carbocycles. The normalized spacial score (nSPS) is 17.3. The number of hydrogen-bond acceptors (Lipinski definition) is 3. The number of halogens is 1. The standard InChI is InChI=1S/C15H16ClN3O2/c1-3-21-9-4-5-10-11(7-13(20)17-12(10)6-9)15-14(16)8(2)18-19-15/h4-6,11H,3,7H2,1-2H3,(H,17,20)(H,18,19). The van der Waals surface area contributed by atoms with Gasteiger partial charge in [-0.1, -0.05) is 17.7 Å². The summed E-state index contributed by atoms with van der Waals surface area (Å²) in [5, 5.41) is 10.6. The van der Waals surface area contributed by atoms with Gasteiger partial charge in [0.15, 0.2) is 0 Å². The van der Waals surface area contributed by atoms with Crippen molar-refractivity contribution in [3.63, 3.8) is 0 Å². The molecule has 0 saturated heterocycles. The molecule has 1 unspecified atom stereocenters. The fourth-order valence-electron chi connectivity index (χ4n) is 2.61. The minimum atomic E-state index is -0.137. The van der Waals surface area contributed by atoms with Crippen LogP contribution in [0.2, 0.25) is 5.02 Å². The Balaban J connectivity index is 2.05. The lowest BCUT2D eigenvalue weighted by molar-refractivity contribution is -0.116. The molecule has 0 bridgehead atoms. The summed E-state index contributed by atoms with van der Waals surface area (Å²) in [6.07, 6.45) is 0.338. The van der Waals surface area contributed by atoms with Gasteiger partial charge < -0.3 is 10.1 Å². The molecule has 0 radical (unpaired) electrons. The molecule has 0 aliphatic carbocycles. The highest BCUT2D eigenvalue weighted by molar-refractivity contribution is 6.32. The summed E-state index contributed by atoms with van der Waals surface area (Å²) >= 11 is 6.29. The van der Waals surface area contributed by atoms with Crippen LogP contribution in [0.5, 0.6) is 5.75 Å². The first-order chi connectivity index (χ1) is 10.1. The summed E-state index contributed by atoms with van der Waals surface area (Å²) < 4.78 is 5.48. The number of rotatable bonds is 3. The topological polar surface area (TPSA) is 67.0 Å². The number of nitrogens with one attached hydrogen (secondary N) is 2. The summed E-state index contributed by atoms with van der Waals surface area (Å²) in [6.45, 7) is 4.37. The largest absolute Gasteiger partial charge is 0.494 e. The summed E-state index contributed by atoms with van der Waals surface area (Å²) in [7, 11) is 0. The SMILES string of the molecule is CCOc1ccc2c(c1)NC(=O)CC2c1n[nH]c(C)c1Cl. The van der Waals surface area contributed by atoms with Gasteiger partial charge >= 0.3 is 0 Å². The molecule has 1 aliphatic heterocycles. The van der Waals surface area contributed by atoms with Gasteiger partial charge in [0.05, 0.1) is 23.0 Å². The second-order valence-corrected chi connectivity index (χ2v) is 5.41. The quantitative estimate of drug-likeness (QED) is 0.914. The Bertz CT molecular complexity index is 696. The fourth-order valence-corrected chi connectivity index (χ4v) is 2.83. The molecule has 0 fully saturated rings. The van der Waals surface area contributed by atoms with Crippen molar-refractivity contribution in [3.05, 3.63) is 40.2 Å². The Hall–Kier alpha value is -2.01. The van der Waals surface area contributed by atoms with Gasteiger partial charge in [0.1, 0.15) is 5.75 Å². The van der Waals surface area contributed by atoms with Crippen molar-refractivity contribution < 1.29 is 9.53 Å². The van der Waals surface area contributed by atoms with Gasteiger partial charge in [0.2, 0.25) is 5.91 Å². The first kappa shape index (κ1) is 13.9. The van der Waals surface area contributed by atoms with Gasteiger partial charge in [-0.15, -0.1) is 0 Å². The molecule has 2 N–H and O–H groups in total. The predicted octanol–water partition coefficient (Wildman–Crippen LogP) is 3.24. The molecule has 1 amide bonds. The molecule has 3 rings (SSSR count). The number of anilines is 1. The van der Waals surface area contributed by atoms with Crippen LogP contribution in [0, 0.1) is 6.92 Å². The predicted molar refractivity (Wildman–Crippen MR) is 81.0 cm³/mol. The van der Waals surface area contributed by atoms with Gasteiger partial charge in [-0.3, -0.25) is 9.89 Å². The molecule has 6 heteroatoms. The maximum absolute atomic E-state index is 12.0. The van der Waals surface area contributed by atoms with E-state index in [2.05, 4.69) is 15.5 Å². The van der Waals surface area contributed by atoms with Crippen LogP contribution in [0.3, 0.4) is 0 Å². The van der Waals surface area contributed by atoms with E-state index in [9.17, 15) is 4.79 Å². The van der Waals surface area contributed by atoms with E-state index < -0.39 is 0 Å². The number of aromatic nitrogens is 2. The fraction of sp³-hybridized carbons (Fsp3) is 0.333. The summed E-state index contributed by atoms with van der Waals surface area (Å²) in [5.41, 5.74) is 3.30. The van der Waals surface area contributed by atoms with Crippen molar-refractivity contribution >= 4 is 23.2 Å². The number of hydrogen-bond donors (Lipinski definition) is 2. The highest BCUT2D eigenvalue weighted by Gasteiger charge is 2.30. The lowest BCUT2D eigenvalue weighted by atomic mass is 9.87. The van der Waals surface area contributed by atoms with Crippen molar-refractivity contribution in [1.82, 2.24) is 10.2 Å². The van der Waals surface area contributed by atoms with E-state index in [-0.39, 0.29) is 11.8 Å². The third kappa shape index (κ3) is 2.49. The van der Waals surface area contributed by atoms with Crippen LogP contribution in [-0.4, -0.2) is 22.7 Å². The third-order valence-corrected chi connectivity index (χ3v) is 4.08. The Morgan fingerprint density at radius 1 is 1.48 bits per heavy atom. The molecule has 2 aromatic rings. The number of H-pyrrole nitrogens is 1. The van der Waals surface area contributed by atoms with Crippen LogP contribution in [0.4, 0.5) is 5.69 Å². The zero-order chi connectivity index (χ0) is 15.0. The van der Waals surface area contributed by atoms with E-state index in [4.69, 9.17) is 16.3 Å². The van der Waals surface area contributed by atoms with Gasteiger partial charge in [-0.2, -0.15) is 5.10 Å². The highest BCUT2D eigenvalue weighted by Crippen LogP contribution is 2.40. The molecule has 1 aromatic carbocycles. The molecule has 110 valence electrons. The minimum absolute atomic E-state index is 0.0436. The van der Waals surface area contributed by atoms with Crippen LogP contribution < -0.4 is 10.1 Å². The maximum Gasteiger partial charge on any atom is 0.225 e. The van der Waals surface area contributed by atoms with E-state index >= 15 is 0 Å². The van der Waals surface area contributed by atoms with E-state index in [1.165, 1.54) is 0 Å². The molecule has 0 spiro atoms. The first-order valence-corrected chi connectivity index (χ1v) is 7.25. The van der Waals surface area contributed by atoms with Gasteiger partial charge in [-0.05, 0) is 25.5 Å². The lowest BCUT2D eigenvalue weighted by Gasteiger charge is -2.25. The Labute approximate surface area is 127 Å².